The average molecular weight is 345 g/mol. The third kappa shape index (κ3) is 3.41. The highest BCUT2D eigenvalue weighted by Crippen LogP contribution is 2.28. The number of nitrogens with two attached hydrogens (primary N) is 1. The van der Waals surface area contributed by atoms with E-state index in [0.717, 1.165) is 5.69 Å². The van der Waals surface area contributed by atoms with E-state index in [2.05, 4.69) is 10.3 Å². The van der Waals surface area contributed by atoms with Crippen LogP contribution in [-0.2, 0) is 0 Å². The summed E-state index contributed by atoms with van der Waals surface area (Å²) in [6, 6.07) is 12.9. The third-order valence-corrected chi connectivity index (χ3v) is 3.38. The first kappa shape index (κ1) is 17.2. The van der Waals surface area contributed by atoms with Gasteiger partial charge in [-0.15, -0.1) is 12.4 Å². The number of carbonyl (C=O) groups excluding carboxylic acids is 1. The number of nitro benzene ring substituents is 1. The van der Waals surface area contributed by atoms with Gasteiger partial charge in [0.2, 0.25) is 5.91 Å². The molecule has 122 valence electrons. The van der Waals surface area contributed by atoms with Gasteiger partial charge in [0.15, 0.2) is 0 Å². The van der Waals surface area contributed by atoms with Gasteiger partial charge in [0, 0.05) is 40.7 Å². The zero-order valence-corrected chi connectivity index (χ0v) is 13.1. The highest BCUT2D eigenvalue weighted by molar-refractivity contribution is 5.95. The first-order chi connectivity index (χ1) is 11.0. The summed E-state index contributed by atoms with van der Waals surface area (Å²) in [5, 5.41) is 14.7. The molecule has 1 amide bonds. The number of fused-ring (bicyclic) bond motifs is 1. The lowest BCUT2D eigenvalue weighted by Crippen LogP contribution is -2.10. The van der Waals surface area contributed by atoms with Gasteiger partial charge in [0.05, 0.1) is 10.4 Å². The Morgan fingerprint density at radius 3 is 2.46 bits per heavy atom. The van der Waals surface area contributed by atoms with Crippen molar-refractivity contribution in [3.8, 4) is 0 Å². The molecule has 0 unspecified atom stereocenters. The van der Waals surface area contributed by atoms with Crippen molar-refractivity contribution in [2.75, 3.05) is 5.32 Å². The van der Waals surface area contributed by atoms with Gasteiger partial charge in [-0.05, 0) is 36.4 Å². The number of non-ortho nitro benzene ring substituents is 1. The molecule has 1 heterocycles. The fourth-order valence-electron chi connectivity index (χ4n) is 2.23. The van der Waals surface area contributed by atoms with Crippen LogP contribution in [0.5, 0.6) is 0 Å². The normalized spacial score (nSPS) is 10.0. The quantitative estimate of drug-likeness (QED) is 0.556. The number of aromatic nitrogens is 1. The van der Waals surface area contributed by atoms with Gasteiger partial charge in [0.25, 0.3) is 5.69 Å². The highest BCUT2D eigenvalue weighted by Gasteiger charge is 2.10. The lowest BCUT2D eigenvalue weighted by atomic mass is 10.1. The fourth-order valence-corrected chi connectivity index (χ4v) is 2.23. The summed E-state index contributed by atoms with van der Waals surface area (Å²) in [5.41, 5.74) is 7.67. The van der Waals surface area contributed by atoms with Crippen LogP contribution >= 0.6 is 12.4 Å². The van der Waals surface area contributed by atoms with Crippen LogP contribution in [0.3, 0.4) is 0 Å². The SMILES string of the molecule is Cl.NC(=O)c1ccc(Nc2ccnc3ccc([N+](=O)[O-])cc23)cc1. The molecule has 0 bridgehead atoms. The molecule has 0 saturated carbocycles. The Bertz CT molecular complexity index is 913. The molecule has 0 aliphatic rings. The van der Waals surface area contributed by atoms with Gasteiger partial charge >= 0.3 is 0 Å². The standard InChI is InChI=1S/C16H12N4O3.ClH/c17-16(21)10-1-3-11(4-2-10)19-15-7-8-18-14-6-5-12(20(22)23)9-13(14)15;/h1-9H,(H2,17,21)(H,18,19);1H. The van der Waals surface area contributed by atoms with Crippen molar-refractivity contribution in [1.29, 1.82) is 0 Å². The number of hydrogen-bond donors (Lipinski definition) is 2. The Morgan fingerprint density at radius 1 is 1.12 bits per heavy atom. The number of carbonyl (C=O) groups is 1. The molecular formula is C16H13ClN4O3. The molecule has 0 radical (unpaired) electrons. The van der Waals surface area contributed by atoms with Crippen LogP contribution in [0, 0.1) is 10.1 Å². The van der Waals surface area contributed by atoms with Gasteiger partial charge < -0.3 is 11.1 Å². The van der Waals surface area contributed by atoms with Crippen LogP contribution in [0.15, 0.2) is 54.7 Å². The molecule has 0 aliphatic carbocycles. The number of nitrogens with one attached hydrogen (secondary N) is 1. The predicted molar refractivity (Wildman–Crippen MR) is 93.9 cm³/mol. The van der Waals surface area contributed by atoms with Crippen molar-refractivity contribution >= 4 is 46.3 Å². The van der Waals surface area contributed by atoms with Crippen molar-refractivity contribution in [3.63, 3.8) is 0 Å². The Balaban J connectivity index is 0.00000208. The minimum atomic E-state index is -0.499. The molecule has 8 heteroatoms. The molecule has 1 aromatic heterocycles. The fraction of sp³-hybridized carbons (Fsp3) is 0. The maximum atomic E-state index is 11.1. The Hall–Kier alpha value is -3.19. The lowest BCUT2D eigenvalue weighted by molar-refractivity contribution is -0.384. The van der Waals surface area contributed by atoms with E-state index in [0.29, 0.717) is 22.2 Å². The monoisotopic (exact) mass is 344 g/mol. The topological polar surface area (TPSA) is 111 Å². The molecular weight excluding hydrogens is 332 g/mol. The maximum absolute atomic E-state index is 11.1. The first-order valence-electron chi connectivity index (χ1n) is 6.74. The number of nitrogens with zero attached hydrogens (tertiary/aromatic N) is 2. The Labute approximate surface area is 143 Å². The van der Waals surface area contributed by atoms with E-state index in [1.54, 1.807) is 42.6 Å². The summed E-state index contributed by atoms with van der Waals surface area (Å²) in [7, 11) is 0. The largest absolute Gasteiger partial charge is 0.366 e. The van der Waals surface area contributed by atoms with Crippen molar-refractivity contribution in [2.24, 2.45) is 5.73 Å². The van der Waals surface area contributed by atoms with Crippen LogP contribution in [0.25, 0.3) is 10.9 Å². The Morgan fingerprint density at radius 2 is 1.83 bits per heavy atom. The second-order valence-corrected chi connectivity index (χ2v) is 4.88. The number of rotatable bonds is 4. The first-order valence-corrected chi connectivity index (χ1v) is 6.74. The van der Waals surface area contributed by atoms with E-state index in [4.69, 9.17) is 5.73 Å². The molecule has 3 aromatic rings. The van der Waals surface area contributed by atoms with Crippen LogP contribution in [0.2, 0.25) is 0 Å². The lowest BCUT2D eigenvalue weighted by Gasteiger charge is -2.09. The summed E-state index contributed by atoms with van der Waals surface area (Å²) < 4.78 is 0. The van der Waals surface area contributed by atoms with Crippen molar-refractivity contribution in [3.05, 3.63) is 70.4 Å². The molecule has 7 nitrogen and oxygen atoms in total. The van der Waals surface area contributed by atoms with Crippen LogP contribution < -0.4 is 11.1 Å². The number of pyridine rings is 1. The third-order valence-electron chi connectivity index (χ3n) is 3.38. The number of anilines is 2. The number of halogens is 1. The predicted octanol–water partition coefficient (Wildman–Crippen LogP) is 3.41. The van der Waals surface area contributed by atoms with Gasteiger partial charge in [-0.25, -0.2) is 0 Å². The average Bonchev–Trinajstić information content (AvgIpc) is 2.55. The minimum absolute atomic E-state index is 0. The van der Waals surface area contributed by atoms with Crippen molar-refractivity contribution in [2.45, 2.75) is 0 Å². The molecule has 3 rings (SSSR count). The maximum Gasteiger partial charge on any atom is 0.270 e. The molecule has 0 fully saturated rings. The molecule has 24 heavy (non-hydrogen) atoms. The van der Waals surface area contributed by atoms with E-state index < -0.39 is 10.8 Å². The highest BCUT2D eigenvalue weighted by atomic mass is 35.5. The molecule has 0 atom stereocenters. The van der Waals surface area contributed by atoms with Gasteiger partial charge in [-0.1, -0.05) is 0 Å². The van der Waals surface area contributed by atoms with Gasteiger partial charge in [0.1, 0.15) is 0 Å². The summed E-state index contributed by atoms with van der Waals surface area (Å²) in [5.74, 6) is -0.499. The van der Waals surface area contributed by atoms with E-state index in [1.165, 1.54) is 12.1 Å². The molecule has 0 saturated heterocycles. The van der Waals surface area contributed by atoms with Crippen LogP contribution in [0.4, 0.5) is 17.1 Å². The molecule has 2 aromatic carbocycles. The zero-order valence-electron chi connectivity index (χ0n) is 12.3. The van der Waals surface area contributed by atoms with Crippen LogP contribution in [-0.4, -0.2) is 15.8 Å². The van der Waals surface area contributed by atoms with Crippen LogP contribution in [0.1, 0.15) is 10.4 Å². The van der Waals surface area contributed by atoms with E-state index in [-0.39, 0.29) is 18.1 Å². The molecule has 0 spiro atoms. The summed E-state index contributed by atoms with van der Waals surface area (Å²) in [6.07, 6.45) is 1.62. The number of benzene rings is 2. The number of primary amides is 1. The molecule has 3 N–H and O–H groups in total. The summed E-state index contributed by atoms with van der Waals surface area (Å²) in [6.45, 7) is 0. The minimum Gasteiger partial charge on any atom is -0.366 e. The second-order valence-electron chi connectivity index (χ2n) is 4.88. The van der Waals surface area contributed by atoms with Crippen molar-refractivity contribution in [1.82, 2.24) is 4.98 Å². The smallest absolute Gasteiger partial charge is 0.270 e. The van der Waals surface area contributed by atoms with Crippen molar-refractivity contribution < 1.29 is 9.72 Å². The van der Waals surface area contributed by atoms with E-state index in [9.17, 15) is 14.9 Å². The van der Waals surface area contributed by atoms with Gasteiger partial charge in [-0.3, -0.25) is 19.9 Å². The number of nitro groups is 1. The Kier molecular flexibility index (Phi) is 4.96. The second kappa shape index (κ2) is 6.93. The molecule has 0 aliphatic heterocycles. The van der Waals surface area contributed by atoms with E-state index in [1.807, 2.05) is 0 Å². The summed E-state index contributed by atoms with van der Waals surface area (Å²) >= 11 is 0. The summed E-state index contributed by atoms with van der Waals surface area (Å²) in [4.78, 5) is 25.8. The number of amides is 1. The number of hydrogen-bond acceptors (Lipinski definition) is 5. The van der Waals surface area contributed by atoms with E-state index >= 15 is 0 Å². The van der Waals surface area contributed by atoms with Gasteiger partial charge in [-0.2, -0.15) is 0 Å². The zero-order chi connectivity index (χ0) is 16.4.